The highest BCUT2D eigenvalue weighted by atomic mass is 16.5. The van der Waals surface area contributed by atoms with Crippen LogP contribution in [0.1, 0.15) is 43.0 Å². The van der Waals surface area contributed by atoms with Gasteiger partial charge in [0.1, 0.15) is 17.6 Å². The molecule has 1 unspecified atom stereocenters. The lowest BCUT2D eigenvalue weighted by molar-refractivity contribution is 0.0666. The maximum Gasteiger partial charge on any atom is 0.167 e. The van der Waals surface area contributed by atoms with E-state index in [0.29, 0.717) is 24.0 Å². The van der Waals surface area contributed by atoms with E-state index in [1.807, 2.05) is 41.1 Å². The van der Waals surface area contributed by atoms with Crippen molar-refractivity contribution in [2.24, 2.45) is 5.92 Å². The summed E-state index contributed by atoms with van der Waals surface area (Å²) in [5.41, 5.74) is 2.64. The number of aliphatic hydroxyl groups is 2. The summed E-state index contributed by atoms with van der Waals surface area (Å²) in [6.45, 7) is 2.17. The van der Waals surface area contributed by atoms with E-state index in [-0.39, 0.29) is 6.10 Å². The van der Waals surface area contributed by atoms with Gasteiger partial charge in [0.25, 0.3) is 0 Å². The van der Waals surface area contributed by atoms with Gasteiger partial charge in [-0.2, -0.15) is 0 Å². The molecule has 1 atom stereocenters. The second-order valence-electron chi connectivity index (χ2n) is 6.94. The number of hydrogen-bond acceptors (Lipinski definition) is 5. The molecule has 0 saturated heterocycles. The van der Waals surface area contributed by atoms with Crippen LogP contribution in [0.3, 0.4) is 0 Å². The summed E-state index contributed by atoms with van der Waals surface area (Å²) in [6.07, 6.45) is 4.21. The number of imidazole rings is 1. The van der Waals surface area contributed by atoms with Crippen LogP contribution in [0.5, 0.6) is 0 Å². The molecule has 1 aliphatic carbocycles. The van der Waals surface area contributed by atoms with Gasteiger partial charge in [0.2, 0.25) is 0 Å². The minimum absolute atomic E-state index is 0.175. The fraction of sp³-hybridized carbons (Fsp3) is 0.333. The Labute approximate surface area is 157 Å². The van der Waals surface area contributed by atoms with Gasteiger partial charge in [-0.05, 0) is 44.0 Å². The van der Waals surface area contributed by atoms with Gasteiger partial charge in [-0.3, -0.25) is 0 Å². The Morgan fingerprint density at radius 1 is 1.30 bits per heavy atom. The molecule has 2 heterocycles. The van der Waals surface area contributed by atoms with Crippen molar-refractivity contribution in [3.05, 3.63) is 59.8 Å². The van der Waals surface area contributed by atoms with Crippen LogP contribution in [0.4, 0.5) is 0 Å². The Morgan fingerprint density at radius 3 is 2.78 bits per heavy atom. The summed E-state index contributed by atoms with van der Waals surface area (Å²) in [4.78, 5) is 4.16. The molecule has 1 aromatic carbocycles. The van der Waals surface area contributed by atoms with Crippen LogP contribution >= 0.6 is 0 Å². The zero-order valence-corrected chi connectivity index (χ0v) is 15.0. The van der Waals surface area contributed by atoms with E-state index in [9.17, 15) is 10.2 Å². The average Bonchev–Trinajstić information content (AvgIpc) is 3.28. The minimum Gasteiger partial charge on any atom is -0.393 e. The van der Waals surface area contributed by atoms with E-state index in [2.05, 4.69) is 22.0 Å². The normalized spacial score (nSPS) is 19.8. The van der Waals surface area contributed by atoms with Crippen LogP contribution in [0, 0.1) is 17.8 Å². The predicted octanol–water partition coefficient (Wildman–Crippen LogP) is 2.76. The molecule has 2 aromatic heterocycles. The van der Waals surface area contributed by atoms with E-state index in [0.717, 1.165) is 29.7 Å². The molecule has 0 radical (unpaired) electrons. The number of nitrogens with zero attached hydrogens (tertiary/aromatic N) is 3. The van der Waals surface area contributed by atoms with Gasteiger partial charge >= 0.3 is 0 Å². The van der Waals surface area contributed by atoms with Crippen LogP contribution < -0.4 is 0 Å². The lowest BCUT2D eigenvalue weighted by Crippen LogP contribution is -2.26. The van der Waals surface area contributed by atoms with Crippen molar-refractivity contribution < 1.29 is 14.7 Å². The molecule has 0 bridgehead atoms. The van der Waals surface area contributed by atoms with Crippen molar-refractivity contribution in [1.82, 2.24) is 14.7 Å². The van der Waals surface area contributed by atoms with E-state index in [1.165, 1.54) is 0 Å². The van der Waals surface area contributed by atoms with Crippen LogP contribution in [0.15, 0.2) is 47.2 Å². The van der Waals surface area contributed by atoms with Gasteiger partial charge in [0.05, 0.1) is 12.6 Å². The van der Waals surface area contributed by atoms with Gasteiger partial charge in [-0.1, -0.05) is 17.0 Å². The van der Waals surface area contributed by atoms with E-state index in [1.54, 1.807) is 13.1 Å². The third-order valence-electron chi connectivity index (χ3n) is 4.72. The smallest absolute Gasteiger partial charge is 0.167 e. The number of aliphatic hydroxyl groups excluding tert-OH is 2. The molecule has 6 nitrogen and oxygen atoms in total. The molecule has 27 heavy (non-hydrogen) atoms. The molecule has 4 rings (SSSR count). The molecular formula is C21H21N3O3. The number of rotatable bonds is 4. The lowest BCUT2D eigenvalue weighted by Gasteiger charge is -2.26. The van der Waals surface area contributed by atoms with Crippen molar-refractivity contribution in [3.63, 3.8) is 0 Å². The zero-order valence-electron chi connectivity index (χ0n) is 15.0. The third kappa shape index (κ3) is 3.95. The van der Waals surface area contributed by atoms with Gasteiger partial charge in [0, 0.05) is 35.5 Å². The highest BCUT2D eigenvalue weighted by Crippen LogP contribution is 2.26. The Hall–Kier alpha value is -2.88. The highest BCUT2D eigenvalue weighted by molar-refractivity contribution is 5.59. The van der Waals surface area contributed by atoms with Crippen LogP contribution in [-0.2, 0) is 6.54 Å². The molecule has 0 spiro atoms. The van der Waals surface area contributed by atoms with Crippen LogP contribution in [0.25, 0.3) is 11.3 Å². The second-order valence-corrected chi connectivity index (χ2v) is 6.94. The largest absolute Gasteiger partial charge is 0.393 e. The summed E-state index contributed by atoms with van der Waals surface area (Å²) >= 11 is 0. The summed E-state index contributed by atoms with van der Waals surface area (Å²) in [5.74, 6) is 7.94. The highest BCUT2D eigenvalue weighted by Gasteiger charge is 2.25. The standard InChI is InChI=1S/C21H21N3O3/c1-14(25)21-22-8-9-24(21)13-18-12-20(27-23-18)17-6-4-15(5-7-17)2-3-16-10-19(26)11-16/h4-9,12,14,16,19,25-26H,10-11,13H2,1H3/t14?,16-,19-. The van der Waals surface area contributed by atoms with Crippen LogP contribution in [0.2, 0.25) is 0 Å². The first-order valence-electron chi connectivity index (χ1n) is 9.03. The molecule has 1 fully saturated rings. The molecule has 0 amide bonds. The number of aromatic nitrogens is 3. The summed E-state index contributed by atoms with van der Waals surface area (Å²) < 4.78 is 7.32. The molecule has 6 heteroatoms. The first kappa shape index (κ1) is 17.5. The van der Waals surface area contributed by atoms with E-state index in [4.69, 9.17) is 4.52 Å². The zero-order chi connectivity index (χ0) is 18.8. The average molecular weight is 363 g/mol. The van der Waals surface area contributed by atoms with Gasteiger partial charge in [-0.15, -0.1) is 0 Å². The monoisotopic (exact) mass is 363 g/mol. The molecule has 0 aliphatic heterocycles. The number of hydrogen-bond donors (Lipinski definition) is 2. The maximum absolute atomic E-state index is 9.74. The van der Waals surface area contributed by atoms with Gasteiger partial charge < -0.3 is 19.3 Å². The van der Waals surface area contributed by atoms with Crippen molar-refractivity contribution in [1.29, 1.82) is 0 Å². The summed E-state index contributed by atoms with van der Waals surface area (Å²) in [5, 5.41) is 23.2. The summed E-state index contributed by atoms with van der Waals surface area (Å²) in [7, 11) is 0. The fourth-order valence-electron chi connectivity index (χ4n) is 3.13. The van der Waals surface area contributed by atoms with Crippen LogP contribution in [-0.4, -0.2) is 31.0 Å². The molecule has 3 aromatic rings. The van der Waals surface area contributed by atoms with Crippen molar-refractivity contribution in [3.8, 4) is 23.2 Å². The maximum atomic E-state index is 9.74. The Kier molecular flexibility index (Phi) is 4.80. The molecule has 138 valence electrons. The molecular weight excluding hydrogens is 342 g/mol. The minimum atomic E-state index is -0.636. The SMILES string of the molecule is CC(O)c1nccn1Cc1cc(-c2ccc(C#C[C@H]3C[C@H](O)C3)cc2)on1. The van der Waals surface area contributed by atoms with E-state index >= 15 is 0 Å². The second kappa shape index (κ2) is 7.39. The van der Waals surface area contributed by atoms with Gasteiger partial charge in [0.15, 0.2) is 5.76 Å². The van der Waals surface area contributed by atoms with Crippen molar-refractivity contribution >= 4 is 0 Å². The van der Waals surface area contributed by atoms with E-state index < -0.39 is 6.10 Å². The molecule has 1 aliphatic rings. The Balaban J connectivity index is 1.44. The Morgan fingerprint density at radius 2 is 2.07 bits per heavy atom. The quantitative estimate of drug-likeness (QED) is 0.697. The fourth-order valence-corrected chi connectivity index (χ4v) is 3.13. The lowest BCUT2D eigenvalue weighted by atomic mass is 9.83. The first-order chi connectivity index (χ1) is 13.1. The Bertz CT molecular complexity index is 970. The molecule has 1 saturated carbocycles. The van der Waals surface area contributed by atoms with Gasteiger partial charge in [-0.25, -0.2) is 4.98 Å². The van der Waals surface area contributed by atoms with Crippen molar-refractivity contribution in [2.75, 3.05) is 0 Å². The molecule has 2 N–H and O–H groups in total. The number of benzene rings is 1. The first-order valence-corrected chi connectivity index (χ1v) is 9.03. The van der Waals surface area contributed by atoms with Crippen molar-refractivity contribution in [2.45, 2.75) is 38.5 Å². The summed E-state index contributed by atoms with van der Waals surface area (Å²) in [6, 6.07) is 9.73. The predicted molar refractivity (Wildman–Crippen MR) is 99.5 cm³/mol. The third-order valence-corrected chi connectivity index (χ3v) is 4.72. The topological polar surface area (TPSA) is 84.3 Å².